The Kier molecular flexibility index (Phi) is 8.49. The van der Waals surface area contributed by atoms with Crippen LogP contribution in [0.5, 0.6) is 11.5 Å². The van der Waals surface area contributed by atoms with Crippen LogP contribution in [0.4, 0.5) is 0 Å². The van der Waals surface area contributed by atoms with Gasteiger partial charge in [0, 0.05) is 6.54 Å². The van der Waals surface area contributed by atoms with Gasteiger partial charge in [0.05, 0.1) is 37.2 Å². The summed E-state index contributed by atoms with van der Waals surface area (Å²) < 4.78 is 13.6. The molecule has 4 rings (SSSR count). The van der Waals surface area contributed by atoms with E-state index in [0.717, 1.165) is 46.9 Å². The number of para-hydroxylation sites is 2. The van der Waals surface area contributed by atoms with Gasteiger partial charge in [-0.05, 0) is 73.2 Å². The Balaban J connectivity index is 1.43. The van der Waals surface area contributed by atoms with Gasteiger partial charge in [0.2, 0.25) is 5.91 Å². The predicted molar refractivity (Wildman–Crippen MR) is 148 cm³/mol. The van der Waals surface area contributed by atoms with Gasteiger partial charge in [0.15, 0.2) is 0 Å². The van der Waals surface area contributed by atoms with Crippen LogP contribution in [0, 0.1) is 6.92 Å². The normalized spacial score (nSPS) is 12.1. The standard InChI is InChI=1S/C31H37N3O3/c1-21(2)26-16-11-22(3)19-29(26)37-18-8-17-34-28-10-7-6-9-27(28)33-31(34)23(4)32-30(35)20-24-12-14-25(36-5)15-13-24/h6-7,9-16,19,21,23H,8,17-18,20H2,1-5H3,(H,32,35). The van der Waals surface area contributed by atoms with Gasteiger partial charge in [-0.25, -0.2) is 4.98 Å². The maximum Gasteiger partial charge on any atom is 0.224 e. The number of nitrogens with one attached hydrogen (secondary N) is 1. The molecule has 0 fully saturated rings. The fourth-order valence-electron chi connectivity index (χ4n) is 4.59. The van der Waals surface area contributed by atoms with E-state index in [9.17, 15) is 4.79 Å². The highest BCUT2D eigenvalue weighted by atomic mass is 16.5. The van der Waals surface area contributed by atoms with Crippen molar-refractivity contribution in [3.8, 4) is 11.5 Å². The molecule has 3 aromatic carbocycles. The summed E-state index contributed by atoms with van der Waals surface area (Å²) in [7, 11) is 1.63. The van der Waals surface area contributed by atoms with Crippen LogP contribution < -0.4 is 14.8 Å². The van der Waals surface area contributed by atoms with Crippen LogP contribution in [0.2, 0.25) is 0 Å². The van der Waals surface area contributed by atoms with E-state index in [1.54, 1.807) is 7.11 Å². The molecule has 1 amide bonds. The van der Waals surface area contributed by atoms with E-state index in [2.05, 4.69) is 54.9 Å². The number of imidazole rings is 1. The number of aromatic nitrogens is 2. The van der Waals surface area contributed by atoms with Gasteiger partial charge in [-0.2, -0.15) is 0 Å². The summed E-state index contributed by atoms with van der Waals surface area (Å²) in [6.45, 7) is 9.80. The fraction of sp³-hybridized carbons (Fsp3) is 0.355. The zero-order valence-corrected chi connectivity index (χ0v) is 22.5. The number of aryl methyl sites for hydroxylation is 2. The molecule has 4 aromatic rings. The van der Waals surface area contributed by atoms with Gasteiger partial charge < -0.3 is 19.4 Å². The number of benzene rings is 3. The summed E-state index contributed by atoms with van der Waals surface area (Å²) in [5, 5.41) is 3.13. The molecular formula is C31H37N3O3. The Morgan fingerprint density at radius 3 is 2.51 bits per heavy atom. The van der Waals surface area contributed by atoms with Crippen LogP contribution in [0.1, 0.15) is 61.7 Å². The van der Waals surface area contributed by atoms with Crippen molar-refractivity contribution in [1.82, 2.24) is 14.9 Å². The maximum atomic E-state index is 12.8. The van der Waals surface area contributed by atoms with Gasteiger partial charge in [-0.3, -0.25) is 4.79 Å². The monoisotopic (exact) mass is 499 g/mol. The molecule has 194 valence electrons. The number of carbonyl (C=O) groups is 1. The van der Waals surface area contributed by atoms with E-state index in [-0.39, 0.29) is 11.9 Å². The predicted octanol–water partition coefficient (Wildman–Crippen LogP) is 6.37. The molecule has 0 aliphatic carbocycles. The number of carbonyl (C=O) groups excluding carboxylic acids is 1. The summed E-state index contributed by atoms with van der Waals surface area (Å²) in [6.07, 6.45) is 1.13. The Morgan fingerprint density at radius 1 is 1.03 bits per heavy atom. The number of methoxy groups -OCH3 is 1. The SMILES string of the molecule is COc1ccc(CC(=O)NC(C)c2nc3ccccc3n2CCCOc2cc(C)ccc2C(C)C)cc1. The first kappa shape index (κ1) is 26.3. The van der Waals surface area contributed by atoms with Crippen molar-refractivity contribution in [2.45, 2.75) is 59.0 Å². The van der Waals surface area contributed by atoms with Crippen LogP contribution in [-0.4, -0.2) is 29.2 Å². The Labute approximate surface area is 219 Å². The van der Waals surface area contributed by atoms with Crippen molar-refractivity contribution >= 4 is 16.9 Å². The quantitative estimate of drug-likeness (QED) is 0.244. The molecule has 1 aromatic heterocycles. The van der Waals surface area contributed by atoms with Crippen molar-refractivity contribution in [2.75, 3.05) is 13.7 Å². The summed E-state index contributed by atoms with van der Waals surface area (Å²) in [4.78, 5) is 17.7. The summed E-state index contributed by atoms with van der Waals surface area (Å²) >= 11 is 0. The Morgan fingerprint density at radius 2 is 1.78 bits per heavy atom. The van der Waals surface area contributed by atoms with Crippen LogP contribution in [0.15, 0.2) is 66.7 Å². The lowest BCUT2D eigenvalue weighted by Crippen LogP contribution is -2.30. The van der Waals surface area contributed by atoms with Gasteiger partial charge in [-0.15, -0.1) is 0 Å². The molecule has 6 heteroatoms. The van der Waals surface area contributed by atoms with E-state index < -0.39 is 0 Å². The van der Waals surface area contributed by atoms with Crippen molar-refractivity contribution in [3.05, 3.63) is 89.2 Å². The number of rotatable bonds is 11. The van der Waals surface area contributed by atoms with Crippen molar-refractivity contribution < 1.29 is 14.3 Å². The molecule has 0 saturated heterocycles. The number of hydrogen-bond acceptors (Lipinski definition) is 4. The summed E-state index contributed by atoms with van der Waals surface area (Å²) in [6, 6.07) is 21.9. The number of ether oxygens (including phenoxy) is 2. The van der Waals surface area contributed by atoms with E-state index in [1.165, 1.54) is 11.1 Å². The average Bonchev–Trinajstić information content (AvgIpc) is 3.25. The molecular weight excluding hydrogens is 462 g/mol. The van der Waals surface area contributed by atoms with Crippen molar-refractivity contribution in [1.29, 1.82) is 0 Å². The number of amides is 1. The highest BCUT2D eigenvalue weighted by Crippen LogP contribution is 2.28. The molecule has 1 atom stereocenters. The first-order valence-corrected chi connectivity index (χ1v) is 13.0. The number of fused-ring (bicyclic) bond motifs is 1. The van der Waals surface area contributed by atoms with Gasteiger partial charge in [-0.1, -0.05) is 50.2 Å². The second kappa shape index (κ2) is 12.0. The largest absolute Gasteiger partial charge is 0.497 e. The molecule has 0 spiro atoms. The third-order valence-electron chi connectivity index (χ3n) is 6.55. The van der Waals surface area contributed by atoms with Crippen molar-refractivity contribution in [2.24, 2.45) is 0 Å². The van der Waals surface area contributed by atoms with E-state index in [1.807, 2.05) is 49.4 Å². The maximum absolute atomic E-state index is 12.8. The van der Waals surface area contributed by atoms with E-state index in [0.29, 0.717) is 18.9 Å². The zero-order valence-electron chi connectivity index (χ0n) is 22.5. The van der Waals surface area contributed by atoms with Crippen molar-refractivity contribution in [3.63, 3.8) is 0 Å². The fourth-order valence-corrected chi connectivity index (χ4v) is 4.59. The minimum Gasteiger partial charge on any atom is -0.497 e. The number of hydrogen-bond donors (Lipinski definition) is 1. The second-order valence-corrected chi connectivity index (χ2v) is 9.82. The Hall–Kier alpha value is -3.80. The lowest BCUT2D eigenvalue weighted by Gasteiger charge is -2.18. The smallest absolute Gasteiger partial charge is 0.224 e. The molecule has 0 saturated carbocycles. The molecule has 1 heterocycles. The van der Waals surface area contributed by atoms with Gasteiger partial charge in [0.1, 0.15) is 17.3 Å². The highest BCUT2D eigenvalue weighted by Gasteiger charge is 2.19. The summed E-state index contributed by atoms with van der Waals surface area (Å²) in [5.41, 5.74) is 5.35. The molecule has 0 aliphatic heterocycles. The summed E-state index contributed by atoms with van der Waals surface area (Å²) in [5.74, 6) is 2.95. The molecule has 1 unspecified atom stereocenters. The lowest BCUT2D eigenvalue weighted by molar-refractivity contribution is -0.121. The molecule has 37 heavy (non-hydrogen) atoms. The second-order valence-electron chi connectivity index (χ2n) is 9.82. The third-order valence-corrected chi connectivity index (χ3v) is 6.55. The molecule has 0 aliphatic rings. The van der Waals surface area contributed by atoms with Crippen LogP contribution in [-0.2, 0) is 17.8 Å². The minimum absolute atomic E-state index is 0.0414. The Bertz CT molecular complexity index is 1340. The lowest BCUT2D eigenvalue weighted by atomic mass is 10.0. The minimum atomic E-state index is -0.233. The first-order valence-electron chi connectivity index (χ1n) is 13.0. The van der Waals surface area contributed by atoms with Crippen LogP contribution in [0.3, 0.4) is 0 Å². The molecule has 0 bridgehead atoms. The zero-order chi connectivity index (χ0) is 26.4. The topological polar surface area (TPSA) is 65.4 Å². The molecule has 0 radical (unpaired) electrons. The molecule has 1 N–H and O–H groups in total. The van der Waals surface area contributed by atoms with Crippen LogP contribution >= 0.6 is 0 Å². The number of nitrogens with zero attached hydrogens (tertiary/aromatic N) is 2. The third kappa shape index (κ3) is 6.50. The van der Waals surface area contributed by atoms with E-state index in [4.69, 9.17) is 14.5 Å². The highest BCUT2D eigenvalue weighted by molar-refractivity contribution is 5.79. The average molecular weight is 500 g/mol. The van der Waals surface area contributed by atoms with Gasteiger partial charge in [0.25, 0.3) is 0 Å². The van der Waals surface area contributed by atoms with Crippen LogP contribution in [0.25, 0.3) is 11.0 Å². The van der Waals surface area contributed by atoms with E-state index >= 15 is 0 Å². The molecule has 6 nitrogen and oxygen atoms in total. The first-order chi connectivity index (χ1) is 17.9. The van der Waals surface area contributed by atoms with Gasteiger partial charge >= 0.3 is 0 Å².